The maximum Gasteiger partial charge on any atom is 0.166 e. The van der Waals surface area contributed by atoms with Gasteiger partial charge in [-0.1, -0.05) is 26.7 Å². The number of aryl methyl sites for hydroxylation is 1. The summed E-state index contributed by atoms with van der Waals surface area (Å²) < 4.78 is 2.12. The van der Waals surface area contributed by atoms with E-state index < -0.39 is 0 Å². The van der Waals surface area contributed by atoms with E-state index in [1.165, 1.54) is 25.7 Å². The lowest BCUT2D eigenvalue weighted by Crippen LogP contribution is -2.20. The molecule has 0 N–H and O–H groups in total. The van der Waals surface area contributed by atoms with Crippen molar-refractivity contribution in [2.45, 2.75) is 65.8 Å². The summed E-state index contributed by atoms with van der Waals surface area (Å²) in [6, 6.07) is 0.492. The van der Waals surface area contributed by atoms with Crippen molar-refractivity contribution in [3.05, 3.63) is 17.0 Å². The van der Waals surface area contributed by atoms with Crippen LogP contribution in [0, 0.1) is 19.8 Å². The molecule has 0 amide bonds. The summed E-state index contributed by atoms with van der Waals surface area (Å²) >= 11 is 0. The Hall–Kier alpha value is -1.12. The van der Waals surface area contributed by atoms with Crippen LogP contribution in [0.4, 0.5) is 0 Å². The van der Waals surface area contributed by atoms with Gasteiger partial charge in [0.1, 0.15) is 0 Å². The Morgan fingerprint density at radius 3 is 2.72 bits per heavy atom. The van der Waals surface area contributed by atoms with Crippen molar-refractivity contribution in [1.29, 1.82) is 0 Å². The van der Waals surface area contributed by atoms with E-state index in [1.54, 1.807) is 0 Å². The molecule has 0 aromatic carbocycles. The van der Waals surface area contributed by atoms with Gasteiger partial charge < -0.3 is 0 Å². The number of hydrogen-bond acceptors (Lipinski definition) is 2. The number of carbonyl (C=O) groups excluding carboxylic acids is 1. The van der Waals surface area contributed by atoms with Crippen LogP contribution in [0.5, 0.6) is 0 Å². The lowest BCUT2D eigenvalue weighted by molar-refractivity contribution is 0.0986. The molecule has 1 aliphatic carbocycles. The first-order chi connectivity index (χ1) is 8.54. The molecule has 2 atom stereocenters. The number of aromatic nitrogens is 2. The first-order valence-corrected chi connectivity index (χ1v) is 7.13. The second kappa shape index (κ2) is 5.25. The quantitative estimate of drug-likeness (QED) is 0.762. The summed E-state index contributed by atoms with van der Waals surface area (Å²) in [5.41, 5.74) is 2.83. The predicted octanol–water partition coefficient (Wildman–Crippen LogP) is 3.84. The molecular formula is C15H24N2O. The molecule has 1 heterocycles. The van der Waals surface area contributed by atoms with E-state index in [1.807, 2.05) is 20.8 Å². The SMILES string of the molecule is CCC(=O)c1c(C)nn(C2CCCC(C)C2)c1C. The van der Waals surface area contributed by atoms with Gasteiger partial charge in [0.2, 0.25) is 0 Å². The maximum absolute atomic E-state index is 12.0. The highest BCUT2D eigenvalue weighted by molar-refractivity contribution is 5.97. The molecule has 1 aromatic heterocycles. The van der Waals surface area contributed by atoms with Crippen molar-refractivity contribution in [2.75, 3.05) is 0 Å². The second-order valence-electron chi connectivity index (χ2n) is 5.69. The Bertz CT molecular complexity index is 448. The minimum Gasteiger partial charge on any atom is -0.294 e. The normalized spacial score (nSPS) is 24.2. The zero-order valence-electron chi connectivity index (χ0n) is 12.0. The molecule has 3 nitrogen and oxygen atoms in total. The Labute approximate surface area is 110 Å². The van der Waals surface area contributed by atoms with E-state index in [0.717, 1.165) is 22.9 Å². The van der Waals surface area contributed by atoms with Gasteiger partial charge in [-0.2, -0.15) is 5.10 Å². The summed E-state index contributed by atoms with van der Waals surface area (Å²) in [4.78, 5) is 12.0. The third kappa shape index (κ3) is 2.36. The fourth-order valence-electron chi connectivity index (χ4n) is 3.22. The average Bonchev–Trinajstić information content (AvgIpc) is 2.64. The highest BCUT2D eigenvalue weighted by Gasteiger charge is 2.25. The number of ketones is 1. The number of hydrogen-bond donors (Lipinski definition) is 0. The summed E-state index contributed by atoms with van der Waals surface area (Å²) in [6.07, 6.45) is 5.57. The predicted molar refractivity (Wildman–Crippen MR) is 73.0 cm³/mol. The molecule has 1 saturated carbocycles. The summed E-state index contributed by atoms with van der Waals surface area (Å²) in [5.74, 6) is 0.998. The number of Topliss-reactive ketones (excluding diaryl/α,β-unsaturated/α-hetero) is 1. The van der Waals surface area contributed by atoms with Gasteiger partial charge in [0, 0.05) is 12.1 Å². The molecule has 0 spiro atoms. The zero-order valence-corrected chi connectivity index (χ0v) is 12.0. The Morgan fingerprint density at radius 2 is 2.11 bits per heavy atom. The number of rotatable bonds is 3. The van der Waals surface area contributed by atoms with Crippen LogP contribution in [-0.2, 0) is 0 Å². The number of nitrogens with zero attached hydrogens (tertiary/aromatic N) is 2. The molecule has 1 aromatic rings. The molecule has 0 aliphatic heterocycles. The van der Waals surface area contributed by atoms with E-state index in [4.69, 9.17) is 0 Å². The summed E-state index contributed by atoms with van der Waals surface area (Å²) in [7, 11) is 0. The number of carbonyl (C=O) groups is 1. The Morgan fingerprint density at radius 1 is 1.39 bits per heavy atom. The van der Waals surface area contributed by atoms with Gasteiger partial charge >= 0.3 is 0 Å². The van der Waals surface area contributed by atoms with E-state index in [9.17, 15) is 4.79 Å². The molecule has 18 heavy (non-hydrogen) atoms. The summed E-state index contributed by atoms with van der Waals surface area (Å²) in [6.45, 7) is 8.23. The van der Waals surface area contributed by atoms with E-state index in [2.05, 4.69) is 16.7 Å². The highest BCUT2D eigenvalue weighted by Crippen LogP contribution is 2.33. The van der Waals surface area contributed by atoms with Gasteiger partial charge in [0.05, 0.1) is 17.3 Å². The van der Waals surface area contributed by atoms with Gasteiger partial charge in [-0.15, -0.1) is 0 Å². The molecular weight excluding hydrogens is 224 g/mol. The topological polar surface area (TPSA) is 34.9 Å². The minimum atomic E-state index is 0.222. The van der Waals surface area contributed by atoms with E-state index in [0.29, 0.717) is 12.5 Å². The standard InChI is InChI=1S/C15H24N2O/c1-5-14(18)15-11(3)16-17(12(15)4)13-8-6-7-10(2)9-13/h10,13H,5-9H2,1-4H3. The fraction of sp³-hybridized carbons (Fsp3) is 0.733. The Kier molecular flexibility index (Phi) is 3.88. The van der Waals surface area contributed by atoms with Crippen LogP contribution in [0.25, 0.3) is 0 Å². The first-order valence-electron chi connectivity index (χ1n) is 7.13. The minimum absolute atomic E-state index is 0.222. The van der Waals surface area contributed by atoms with Crippen molar-refractivity contribution in [3.63, 3.8) is 0 Å². The average molecular weight is 248 g/mol. The van der Waals surface area contributed by atoms with Crippen LogP contribution >= 0.6 is 0 Å². The summed E-state index contributed by atoms with van der Waals surface area (Å²) in [5, 5.41) is 4.63. The first kappa shape index (κ1) is 13.3. The third-order valence-corrected chi connectivity index (χ3v) is 4.18. The molecule has 0 saturated heterocycles. The smallest absolute Gasteiger partial charge is 0.166 e. The van der Waals surface area contributed by atoms with Crippen molar-refractivity contribution >= 4 is 5.78 Å². The molecule has 2 unspecified atom stereocenters. The molecule has 2 rings (SSSR count). The van der Waals surface area contributed by atoms with E-state index in [-0.39, 0.29) is 5.78 Å². The van der Waals surface area contributed by atoms with Crippen molar-refractivity contribution in [1.82, 2.24) is 9.78 Å². The van der Waals surface area contributed by atoms with Crippen LogP contribution in [0.3, 0.4) is 0 Å². The molecule has 1 fully saturated rings. The fourth-order valence-corrected chi connectivity index (χ4v) is 3.22. The van der Waals surface area contributed by atoms with Crippen LogP contribution in [-0.4, -0.2) is 15.6 Å². The van der Waals surface area contributed by atoms with Crippen LogP contribution in [0.15, 0.2) is 0 Å². The van der Waals surface area contributed by atoms with Crippen LogP contribution < -0.4 is 0 Å². The molecule has 1 aliphatic rings. The second-order valence-corrected chi connectivity index (χ2v) is 5.69. The van der Waals surface area contributed by atoms with Crippen molar-refractivity contribution < 1.29 is 4.79 Å². The maximum atomic E-state index is 12.0. The van der Waals surface area contributed by atoms with Crippen molar-refractivity contribution in [2.24, 2.45) is 5.92 Å². The third-order valence-electron chi connectivity index (χ3n) is 4.18. The molecule has 100 valence electrons. The monoisotopic (exact) mass is 248 g/mol. The molecule has 0 bridgehead atoms. The van der Waals surface area contributed by atoms with Crippen molar-refractivity contribution in [3.8, 4) is 0 Å². The largest absolute Gasteiger partial charge is 0.294 e. The lowest BCUT2D eigenvalue weighted by Gasteiger charge is -2.27. The zero-order chi connectivity index (χ0) is 13.3. The van der Waals surface area contributed by atoms with Crippen LogP contribution in [0.2, 0.25) is 0 Å². The van der Waals surface area contributed by atoms with Gasteiger partial charge in [-0.05, 0) is 32.6 Å². The lowest BCUT2D eigenvalue weighted by atomic mass is 9.87. The molecule has 3 heteroatoms. The van der Waals surface area contributed by atoms with Gasteiger partial charge in [-0.3, -0.25) is 9.48 Å². The van der Waals surface area contributed by atoms with E-state index >= 15 is 0 Å². The van der Waals surface area contributed by atoms with Gasteiger partial charge in [0.15, 0.2) is 5.78 Å². The van der Waals surface area contributed by atoms with Crippen LogP contribution in [0.1, 0.15) is 73.7 Å². The van der Waals surface area contributed by atoms with Gasteiger partial charge in [-0.25, -0.2) is 0 Å². The Balaban J connectivity index is 2.32. The molecule has 0 radical (unpaired) electrons. The highest BCUT2D eigenvalue weighted by atomic mass is 16.1. The van der Waals surface area contributed by atoms with Gasteiger partial charge in [0.25, 0.3) is 0 Å².